The number of carbonyl (C=O) groups is 1. The molecule has 0 spiro atoms. The lowest BCUT2D eigenvalue weighted by atomic mass is 10.0. The summed E-state index contributed by atoms with van der Waals surface area (Å²) >= 11 is 0. The fourth-order valence-electron chi connectivity index (χ4n) is 3.96. The number of piperidine rings is 1. The van der Waals surface area contributed by atoms with Crippen molar-refractivity contribution in [3.63, 3.8) is 0 Å². The Kier molecular flexibility index (Phi) is 4.60. The largest absolute Gasteiger partial charge is 0.496 e. The molecule has 1 fully saturated rings. The Balaban J connectivity index is 1.68. The van der Waals surface area contributed by atoms with Gasteiger partial charge in [0.05, 0.1) is 7.11 Å². The molecule has 0 radical (unpaired) electrons. The number of rotatable bonds is 3. The number of hydrogen-bond acceptors (Lipinski definition) is 3. The molecule has 4 rings (SSSR count). The summed E-state index contributed by atoms with van der Waals surface area (Å²) in [6.07, 6.45) is 7.26. The van der Waals surface area contributed by atoms with Gasteiger partial charge in [-0.2, -0.15) is 0 Å². The van der Waals surface area contributed by atoms with Crippen LogP contribution in [0.5, 0.6) is 5.75 Å². The van der Waals surface area contributed by atoms with E-state index in [9.17, 15) is 4.79 Å². The van der Waals surface area contributed by atoms with Gasteiger partial charge in [-0.05, 0) is 79.6 Å². The molecule has 0 atom stereocenters. The highest BCUT2D eigenvalue weighted by Gasteiger charge is 2.20. The van der Waals surface area contributed by atoms with E-state index in [0.29, 0.717) is 5.69 Å². The van der Waals surface area contributed by atoms with Crippen LogP contribution in [-0.2, 0) is 0 Å². The monoisotopic (exact) mass is 363 g/mol. The molecular weight excluding hydrogens is 338 g/mol. The number of fused-ring (bicyclic) bond motifs is 1. The highest BCUT2D eigenvalue weighted by molar-refractivity contribution is 5.93. The Bertz CT molecular complexity index is 977. The molecule has 1 amide bonds. The maximum absolute atomic E-state index is 12.7. The summed E-state index contributed by atoms with van der Waals surface area (Å²) in [5, 5.41) is 0. The van der Waals surface area contributed by atoms with Gasteiger partial charge in [-0.1, -0.05) is 0 Å². The van der Waals surface area contributed by atoms with Crippen LogP contribution in [0.15, 0.2) is 36.7 Å². The molecule has 140 valence electrons. The minimum Gasteiger partial charge on any atom is -0.496 e. The van der Waals surface area contributed by atoms with Crippen molar-refractivity contribution in [2.45, 2.75) is 33.1 Å². The average Bonchev–Trinajstić information content (AvgIpc) is 3.11. The second-order valence-electron chi connectivity index (χ2n) is 7.31. The zero-order valence-corrected chi connectivity index (χ0v) is 16.2. The van der Waals surface area contributed by atoms with Crippen molar-refractivity contribution in [2.75, 3.05) is 20.2 Å². The predicted octanol–water partition coefficient (Wildman–Crippen LogP) is 4.25. The first kappa shape index (κ1) is 17.6. The lowest BCUT2D eigenvalue weighted by Crippen LogP contribution is -2.35. The number of methoxy groups -OCH3 is 1. The molecule has 5 nitrogen and oxygen atoms in total. The first-order chi connectivity index (χ1) is 13.1. The Morgan fingerprint density at radius 3 is 2.37 bits per heavy atom. The van der Waals surface area contributed by atoms with Gasteiger partial charge in [0.25, 0.3) is 5.91 Å². The zero-order valence-electron chi connectivity index (χ0n) is 16.2. The number of ether oxygens (including phenoxy) is 1. The summed E-state index contributed by atoms with van der Waals surface area (Å²) < 4.78 is 7.41. The highest BCUT2D eigenvalue weighted by atomic mass is 16.5. The van der Waals surface area contributed by atoms with Crippen LogP contribution >= 0.6 is 0 Å². The van der Waals surface area contributed by atoms with E-state index in [-0.39, 0.29) is 5.91 Å². The molecule has 0 bridgehead atoms. The fraction of sp³-hybridized carbons (Fsp3) is 0.364. The van der Waals surface area contributed by atoms with Gasteiger partial charge in [0, 0.05) is 25.5 Å². The van der Waals surface area contributed by atoms with Gasteiger partial charge in [-0.25, -0.2) is 4.98 Å². The quantitative estimate of drug-likeness (QED) is 0.699. The van der Waals surface area contributed by atoms with Crippen molar-refractivity contribution in [3.05, 3.63) is 53.5 Å². The summed E-state index contributed by atoms with van der Waals surface area (Å²) in [5.41, 5.74) is 5.76. The molecule has 1 aliphatic rings. The molecule has 0 aliphatic carbocycles. The van der Waals surface area contributed by atoms with Crippen LogP contribution in [0.25, 0.3) is 16.8 Å². The molecule has 27 heavy (non-hydrogen) atoms. The van der Waals surface area contributed by atoms with Crippen molar-refractivity contribution in [3.8, 4) is 16.9 Å². The van der Waals surface area contributed by atoms with Crippen LogP contribution in [0, 0.1) is 13.8 Å². The van der Waals surface area contributed by atoms with Gasteiger partial charge in [0.1, 0.15) is 17.1 Å². The zero-order chi connectivity index (χ0) is 19.0. The van der Waals surface area contributed by atoms with Gasteiger partial charge in [0.15, 0.2) is 0 Å². The lowest BCUT2D eigenvalue weighted by molar-refractivity contribution is 0.0719. The molecule has 0 N–H and O–H groups in total. The third-order valence-electron chi connectivity index (χ3n) is 5.31. The second kappa shape index (κ2) is 7.06. The molecule has 1 aromatic carbocycles. The normalized spacial score (nSPS) is 14.6. The van der Waals surface area contributed by atoms with Crippen molar-refractivity contribution in [2.24, 2.45) is 0 Å². The summed E-state index contributed by atoms with van der Waals surface area (Å²) in [7, 11) is 1.70. The number of benzene rings is 1. The molecule has 3 heterocycles. The molecule has 0 unspecified atom stereocenters. The molecule has 2 aromatic heterocycles. The van der Waals surface area contributed by atoms with E-state index in [1.807, 2.05) is 27.8 Å². The van der Waals surface area contributed by atoms with Gasteiger partial charge in [-0.3, -0.25) is 4.79 Å². The number of carbonyl (C=O) groups excluding carboxylic acids is 1. The fourth-order valence-corrected chi connectivity index (χ4v) is 3.96. The standard InChI is InChI=1S/C22H25N3O2/c1-15-11-18(12-16(2)21(15)27-3)17-7-8-20-23-19(14-25(20)13-17)22(26)24-9-5-4-6-10-24/h7-8,11-14H,4-6,9-10H2,1-3H3. The van der Waals surface area contributed by atoms with Crippen LogP contribution in [0.3, 0.4) is 0 Å². The highest BCUT2D eigenvalue weighted by Crippen LogP contribution is 2.30. The van der Waals surface area contributed by atoms with Crippen LogP contribution in [-0.4, -0.2) is 40.4 Å². The number of nitrogens with zero attached hydrogens (tertiary/aromatic N) is 3. The van der Waals surface area contributed by atoms with Crippen molar-refractivity contribution in [1.29, 1.82) is 0 Å². The number of aromatic nitrogens is 2. The average molecular weight is 363 g/mol. The minimum absolute atomic E-state index is 0.0380. The molecule has 0 saturated carbocycles. The number of likely N-dealkylation sites (tertiary alicyclic amines) is 1. The first-order valence-corrected chi connectivity index (χ1v) is 9.50. The van der Waals surface area contributed by atoms with E-state index in [4.69, 9.17) is 4.74 Å². The molecular formula is C22H25N3O2. The maximum Gasteiger partial charge on any atom is 0.274 e. The lowest BCUT2D eigenvalue weighted by Gasteiger charge is -2.25. The number of imidazole rings is 1. The van der Waals surface area contributed by atoms with Crippen LogP contribution < -0.4 is 4.74 Å². The summed E-state index contributed by atoms with van der Waals surface area (Å²) in [4.78, 5) is 19.2. The first-order valence-electron chi connectivity index (χ1n) is 9.50. The summed E-state index contributed by atoms with van der Waals surface area (Å²) in [6, 6.07) is 8.28. The Hall–Kier alpha value is -2.82. The molecule has 3 aromatic rings. The number of pyridine rings is 1. The van der Waals surface area contributed by atoms with E-state index >= 15 is 0 Å². The molecule has 5 heteroatoms. The van der Waals surface area contributed by atoms with Gasteiger partial charge < -0.3 is 14.0 Å². The Labute approximate surface area is 159 Å². The van der Waals surface area contributed by atoms with Gasteiger partial charge >= 0.3 is 0 Å². The predicted molar refractivity (Wildman–Crippen MR) is 106 cm³/mol. The second-order valence-corrected chi connectivity index (χ2v) is 7.31. The van der Waals surface area contributed by atoms with Gasteiger partial charge in [-0.15, -0.1) is 0 Å². The molecule has 1 aliphatic heterocycles. The van der Waals surface area contributed by atoms with Crippen LogP contribution in [0.2, 0.25) is 0 Å². The third kappa shape index (κ3) is 3.29. The van der Waals surface area contributed by atoms with Crippen molar-refractivity contribution < 1.29 is 9.53 Å². The Morgan fingerprint density at radius 2 is 1.70 bits per heavy atom. The Morgan fingerprint density at radius 1 is 1.00 bits per heavy atom. The summed E-state index contributed by atoms with van der Waals surface area (Å²) in [5.74, 6) is 0.966. The van der Waals surface area contributed by atoms with Crippen molar-refractivity contribution >= 4 is 11.6 Å². The van der Waals surface area contributed by atoms with E-state index in [1.165, 1.54) is 6.42 Å². The SMILES string of the molecule is COc1c(C)cc(-c2ccc3nc(C(=O)N4CCCCC4)cn3c2)cc1C. The maximum atomic E-state index is 12.7. The third-order valence-corrected chi connectivity index (χ3v) is 5.31. The smallest absolute Gasteiger partial charge is 0.274 e. The van der Waals surface area contributed by atoms with E-state index in [2.05, 4.69) is 37.0 Å². The van der Waals surface area contributed by atoms with Crippen molar-refractivity contribution in [1.82, 2.24) is 14.3 Å². The van der Waals surface area contributed by atoms with E-state index in [0.717, 1.165) is 59.6 Å². The van der Waals surface area contributed by atoms with E-state index in [1.54, 1.807) is 7.11 Å². The summed E-state index contributed by atoms with van der Waals surface area (Å²) in [6.45, 7) is 5.78. The van der Waals surface area contributed by atoms with Crippen LogP contribution in [0.4, 0.5) is 0 Å². The van der Waals surface area contributed by atoms with Gasteiger partial charge in [0.2, 0.25) is 0 Å². The molecule has 1 saturated heterocycles. The topological polar surface area (TPSA) is 46.8 Å². The number of hydrogen-bond donors (Lipinski definition) is 0. The van der Waals surface area contributed by atoms with E-state index < -0.39 is 0 Å². The number of aryl methyl sites for hydroxylation is 2. The van der Waals surface area contributed by atoms with Crippen LogP contribution in [0.1, 0.15) is 40.9 Å². The minimum atomic E-state index is 0.0380. The number of amides is 1.